The molecule has 1 unspecified atom stereocenters. The Morgan fingerprint density at radius 2 is 2.00 bits per heavy atom. The van der Waals surface area contributed by atoms with Crippen LogP contribution in [0.15, 0.2) is 22.8 Å². The van der Waals surface area contributed by atoms with Gasteiger partial charge in [-0.2, -0.15) is 0 Å². The number of hydrogen-bond acceptors (Lipinski definition) is 2. The van der Waals surface area contributed by atoms with Crippen molar-refractivity contribution in [1.29, 1.82) is 0 Å². The molecule has 0 aromatic carbocycles. The summed E-state index contributed by atoms with van der Waals surface area (Å²) in [6.45, 7) is 5.52. The fourth-order valence-corrected chi connectivity index (χ4v) is 3.47. The molecule has 0 aliphatic heterocycles. The Kier molecular flexibility index (Phi) is 5.83. The molecule has 1 N–H and O–H groups in total. The zero-order valence-corrected chi connectivity index (χ0v) is 13.6. The molecular weight excluding hydrogens is 300 g/mol. The monoisotopic (exact) mass is 324 g/mol. The van der Waals surface area contributed by atoms with Crippen LogP contribution in [0.5, 0.6) is 0 Å². The lowest BCUT2D eigenvalue weighted by Gasteiger charge is -2.33. The van der Waals surface area contributed by atoms with Crippen LogP contribution in [0.2, 0.25) is 0 Å². The van der Waals surface area contributed by atoms with Gasteiger partial charge < -0.3 is 5.32 Å². The van der Waals surface area contributed by atoms with Gasteiger partial charge in [-0.1, -0.05) is 33.1 Å². The van der Waals surface area contributed by atoms with Crippen LogP contribution in [0.25, 0.3) is 0 Å². The summed E-state index contributed by atoms with van der Waals surface area (Å²) in [5.74, 6) is 1.70. The molecule has 3 heteroatoms. The largest absolute Gasteiger partial charge is 0.309 e. The smallest absolute Gasteiger partial charge is 0.0576 e. The standard InChI is InChI=1S/C16H25BrN2/c1-3-12-5-7-13(8-6-12)16(18-4-2)15-10-9-14(17)11-19-15/h9-13,16,18H,3-8H2,1-2H3. The Bertz CT molecular complexity index is 369. The van der Waals surface area contributed by atoms with Crippen molar-refractivity contribution in [2.45, 2.75) is 52.0 Å². The van der Waals surface area contributed by atoms with Crippen molar-refractivity contribution < 1.29 is 0 Å². The minimum absolute atomic E-state index is 0.427. The van der Waals surface area contributed by atoms with Crippen LogP contribution in [-0.2, 0) is 0 Å². The van der Waals surface area contributed by atoms with Gasteiger partial charge in [0.25, 0.3) is 0 Å². The maximum atomic E-state index is 4.60. The number of pyridine rings is 1. The first kappa shape index (κ1) is 15.0. The van der Waals surface area contributed by atoms with Crippen molar-refractivity contribution in [3.63, 3.8) is 0 Å². The van der Waals surface area contributed by atoms with Crippen molar-refractivity contribution in [3.8, 4) is 0 Å². The molecule has 2 nitrogen and oxygen atoms in total. The van der Waals surface area contributed by atoms with Gasteiger partial charge in [0.15, 0.2) is 0 Å². The lowest BCUT2D eigenvalue weighted by atomic mass is 9.77. The van der Waals surface area contributed by atoms with Crippen LogP contribution in [0, 0.1) is 11.8 Å². The zero-order valence-electron chi connectivity index (χ0n) is 12.0. The van der Waals surface area contributed by atoms with Gasteiger partial charge in [-0.05, 0) is 59.3 Å². The summed E-state index contributed by atoms with van der Waals surface area (Å²) < 4.78 is 1.06. The van der Waals surface area contributed by atoms with Gasteiger partial charge in [-0.3, -0.25) is 4.98 Å². The first-order chi connectivity index (χ1) is 9.24. The Balaban J connectivity index is 2.05. The van der Waals surface area contributed by atoms with E-state index in [1.54, 1.807) is 0 Å². The highest BCUT2D eigenvalue weighted by Gasteiger charge is 2.28. The van der Waals surface area contributed by atoms with E-state index in [0.717, 1.165) is 22.9 Å². The highest BCUT2D eigenvalue weighted by Crippen LogP contribution is 2.37. The van der Waals surface area contributed by atoms with E-state index in [9.17, 15) is 0 Å². The molecule has 1 aliphatic rings. The molecule has 1 saturated carbocycles. The molecule has 0 radical (unpaired) electrons. The van der Waals surface area contributed by atoms with Gasteiger partial charge in [-0.15, -0.1) is 0 Å². The molecule has 0 bridgehead atoms. The van der Waals surface area contributed by atoms with Crippen LogP contribution in [0.3, 0.4) is 0 Å². The number of rotatable bonds is 5. The van der Waals surface area contributed by atoms with Crippen molar-refractivity contribution in [3.05, 3.63) is 28.5 Å². The van der Waals surface area contributed by atoms with E-state index in [2.05, 4.69) is 52.2 Å². The highest BCUT2D eigenvalue weighted by molar-refractivity contribution is 9.10. The van der Waals surface area contributed by atoms with Gasteiger partial charge in [0.1, 0.15) is 0 Å². The SMILES string of the molecule is CCNC(c1ccc(Br)cn1)C1CCC(CC)CC1. The lowest BCUT2D eigenvalue weighted by molar-refractivity contribution is 0.218. The molecule has 0 spiro atoms. The van der Waals surface area contributed by atoms with Crippen LogP contribution in [-0.4, -0.2) is 11.5 Å². The molecule has 1 fully saturated rings. The second-order valence-electron chi connectivity index (χ2n) is 5.63. The average Bonchev–Trinajstić information content (AvgIpc) is 2.46. The number of nitrogens with one attached hydrogen (secondary N) is 1. The first-order valence-electron chi connectivity index (χ1n) is 7.59. The fourth-order valence-electron chi connectivity index (χ4n) is 3.23. The van der Waals surface area contributed by atoms with Gasteiger partial charge in [0.05, 0.1) is 11.7 Å². The van der Waals surface area contributed by atoms with E-state index in [-0.39, 0.29) is 0 Å². The maximum Gasteiger partial charge on any atom is 0.0576 e. The second kappa shape index (κ2) is 7.39. The van der Waals surface area contributed by atoms with E-state index in [0.29, 0.717) is 6.04 Å². The summed E-state index contributed by atoms with van der Waals surface area (Å²) in [7, 11) is 0. The lowest BCUT2D eigenvalue weighted by Crippen LogP contribution is -2.31. The summed E-state index contributed by atoms with van der Waals surface area (Å²) >= 11 is 3.46. The highest BCUT2D eigenvalue weighted by atomic mass is 79.9. The fraction of sp³-hybridized carbons (Fsp3) is 0.688. The summed E-state index contributed by atoms with van der Waals surface area (Å²) in [5.41, 5.74) is 1.20. The number of halogens is 1. The van der Waals surface area contributed by atoms with Crippen LogP contribution >= 0.6 is 15.9 Å². The zero-order chi connectivity index (χ0) is 13.7. The molecule has 1 heterocycles. The van der Waals surface area contributed by atoms with E-state index < -0.39 is 0 Å². The molecular formula is C16H25BrN2. The minimum atomic E-state index is 0.427. The Hall–Kier alpha value is -0.410. The second-order valence-corrected chi connectivity index (χ2v) is 6.54. The molecule has 1 aliphatic carbocycles. The van der Waals surface area contributed by atoms with Crippen LogP contribution in [0.1, 0.15) is 57.7 Å². The predicted octanol–water partition coefficient (Wildman–Crippen LogP) is 4.71. The molecule has 106 valence electrons. The van der Waals surface area contributed by atoms with E-state index >= 15 is 0 Å². The van der Waals surface area contributed by atoms with Crippen molar-refractivity contribution in [2.75, 3.05) is 6.54 Å². The molecule has 19 heavy (non-hydrogen) atoms. The number of aromatic nitrogens is 1. The van der Waals surface area contributed by atoms with Gasteiger partial charge in [0, 0.05) is 10.7 Å². The van der Waals surface area contributed by atoms with E-state index in [1.807, 2.05) is 6.20 Å². The average molecular weight is 325 g/mol. The molecule has 0 amide bonds. The Morgan fingerprint density at radius 1 is 1.26 bits per heavy atom. The van der Waals surface area contributed by atoms with Gasteiger partial charge in [0.2, 0.25) is 0 Å². The molecule has 2 rings (SSSR count). The summed E-state index contributed by atoms with van der Waals surface area (Å²) in [5, 5.41) is 3.64. The maximum absolute atomic E-state index is 4.60. The Labute approximate surface area is 125 Å². The molecule has 1 atom stereocenters. The molecule has 1 aromatic heterocycles. The van der Waals surface area contributed by atoms with E-state index in [1.165, 1.54) is 37.8 Å². The third kappa shape index (κ3) is 4.03. The normalized spacial score (nSPS) is 25.2. The minimum Gasteiger partial charge on any atom is -0.309 e. The van der Waals surface area contributed by atoms with Crippen molar-refractivity contribution in [1.82, 2.24) is 10.3 Å². The quantitative estimate of drug-likeness (QED) is 0.848. The third-order valence-electron chi connectivity index (χ3n) is 4.43. The third-order valence-corrected chi connectivity index (χ3v) is 4.90. The molecule has 1 aromatic rings. The molecule has 0 saturated heterocycles. The first-order valence-corrected chi connectivity index (χ1v) is 8.38. The topological polar surface area (TPSA) is 24.9 Å². The van der Waals surface area contributed by atoms with Crippen LogP contribution in [0.4, 0.5) is 0 Å². The summed E-state index contributed by atoms with van der Waals surface area (Å²) in [6, 6.07) is 4.68. The van der Waals surface area contributed by atoms with Crippen molar-refractivity contribution >= 4 is 15.9 Å². The predicted molar refractivity (Wildman–Crippen MR) is 84.1 cm³/mol. The van der Waals surface area contributed by atoms with Crippen molar-refractivity contribution in [2.24, 2.45) is 11.8 Å². The van der Waals surface area contributed by atoms with Crippen LogP contribution < -0.4 is 5.32 Å². The van der Waals surface area contributed by atoms with Gasteiger partial charge >= 0.3 is 0 Å². The summed E-state index contributed by atoms with van der Waals surface area (Å²) in [6.07, 6.45) is 8.72. The number of nitrogens with zero attached hydrogens (tertiary/aromatic N) is 1. The number of hydrogen-bond donors (Lipinski definition) is 1. The Morgan fingerprint density at radius 3 is 2.53 bits per heavy atom. The summed E-state index contributed by atoms with van der Waals surface area (Å²) in [4.78, 5) is 4.60. The van der Waals surface area contributed by atoms with Gasteiger partial charge in [-0.25, -0.2) is 0 Å². The van der Waals surface area contributed by atoms with E-state index in [4.69, 9.17) is 0 Å².